The Hall–Kier alpha value is -1.70. The van der Waals surface area contributed by atoms with Crippen molar-refractivity contribution in [2.75, 3.05) is 0 Å². The lowest BCUT2D eigenvalue weighted by Crippen LogP contribution is -2.41. The van der Waals surface area contributed by atoms with Gasteiger partial charge in [-0.3, -0.25) is 0 Å². The van der Waals surface area contributed by atoms with E-state index >= 15 is 0 Å². The van der Waals surface area contributed by atoms with Gasteiger partial charge in [0.2, 0.25) is 10.0 Å². The van der Waals surface area contributed by atoms with Crippen LogP contribution in [0.1, 0.15) is 25.8 Å². The second-order valence-corrected chi connectivity index (χ2v) is 8.74. The Labute approximate surface area is 153 Å². The number of amidine groups is 1. The molecule has 0 saturated heterocycles. The Morgan fingerprint density at radius 2 is 1.84 bits per heavy atom. The van der Waals surface area contributed by atoms with Gasteiger partial charge in [0.1, 0.15) is 12.0 Å². The van der Waals surface area contributed by atoms with Crippen molar-refractivity contribution >= 4 is 32.6 Å². The zero-order valence-corrected chi connectivity index (χ0v) is 15.9. The first-order valence-electron chi connectivity index (χ1n) is 8.06. The van der Waals surface area contributed by atoms with E-state index in [1.165, 1.54) is 4.31 Å². The Morgan fingerprint density at radius 1 is 1.24 bits per heavy atom. The first-order chi connectivity index (χ1) is 11.7. The number of allylic oxidation sites excluding steroid dienone is 1. The van der Waals surface area contributed by atoms with Gasteiger partial charge >= 0.3 is 0 Å². The minimum absolute atomic E-state index is 0.117. The third-order valence-electron chi connectivity index (χ3n) is 4.40. The van der Waals surface area contributed by atoms with Crippen LogP contribution < -0.4 is 5.73 Å². The first-order valence-corrected chi connectivity index (χ1v) is 9.88. The molecule has 3 atom stereocenters. The number of rotatable bonds is 4. The van der Waals surface area contributed by atoms with Crippen LogP contribution in [0.3, 0.4) is 0 Å². The molecule has 134 valence electrons. The average Bonchev–Trinajstić information content (AvgIpc) is 3.24. The van der Waals surface area contributed by atoms with Gasteiger partial charge in [0.05, 0.1) is 10.6 Å². The molecule has 3 rings (SSSR count). The van der Waals surface area contributed by atoms with Crippen molar-refractivity contribution in [2.24, 2.45) is 21.6 Å². The van der Waals surface area contributed by atoms with E-state index in [2.05, 4.69) is 9.98 Å². The summed E-state index contributed by atoms with van der Waals surface area (Å²) in [5.74, 6) is 0.661. The van der Waals surface area contributed by atoms with Gasteiger partial charge in [-0.2, -0.15) is 4.31 Å². The highest BCUT2D eigenvalue weighted by Crippen LogP contribution is 2.40. The predicted octanol–water partition coefficient (Wildman–Crippen LogP) is 2.63. The number of sulfonamides is 1. The van der Waals surface area contributed by atoms with Crippen molar-refractivity contribution in [3.05, 3.63) is 41.6 Å². The van der Waals surface area contributed by atoms with Crippen molar-refractivity contribution < 1.29 is 8.42 Å². The van der Waals surface area contributed by atoms with Crippen molar-refractivity contribution in [1.82, 2.24) is 4.31 Å². The number of benzene rings is 1. The normalized spacial score (nSPS) is 26.6. The lowest BCUT2D eigenvalue weighted by atomic mass is 10.2. The number of hydrogen-bond donors (Lipinski definition) is 1. The number of aryl methyl sites for hydroxylation is 1. The van der Waals surface area contributed by atoms with Crippen LogP contribution in [0, 0.1) is 12.8 Å². The molecule has 2 unspecified atom stereocenters. The van der Waals surface area contributed by atoms with E-state index in [4.69, 9.17) is 17.3 Å². The number of aliphatic imine (C=N–C) groups is 2. The van der Waals surface area contributed by atoms with Gasteiger partial charge in [-0.15, -0.1) is 0 Å². The molecule has 0 bridgehead atoms. The molecular weight excluding hydrogens is 360 g/mol. The second kappa shape index (κ2) is 6.55. The highest BCUT2D eigenvalue weighted by atomic mass is 35.5. The fourth-order valence-corrected chi connectivity index (χ4v) is 4.78. The fourth-order valence-electron chi connectivity index (χ4n) is 2.83. The summed E-state index contributed by atoms with van der Waals surface area (Å²) in [6.07, 6.45) is 1.58. The quantitative estimate of drug-likeness (QED) is 0.870. The standard InChI is InChI=1S/C17H21ClN4O2S/c1-10-4-6-13(7-5-10)25(23,24)22(15-8-11(15)2)16-9-14(19)17(18)21-12(3)20-16/h4-7,9,11,15-16H,8,19H2,1-3H3/t11?,15-,16?/m1/s1. The zero-order valence-electron chi connectivity index (χ0n) is 14.3. The maximum Gasteiger partial charge on any atom is 0.245 e. The molecule has 2 aliphatic rings. The summed E-state index contributed by atoms with van der Waals surface area (Å²) in [6, 6.07) is 6.69. The Morgan fingerprint density at radius 3 is 2.40 bits per heavy atom. The molecule has 1 fully saturated rings. The van der Waals surface area contributed by atoms with Crippen LogP contribution in [-0.4, -0.2) is 35.9 Å². The van der Waals surface area contributed by atoms with Gasteiger partial charge in [0.15, 0.2) is 5.17 Å². The molecule has 2 N–H and O–H groups in total. The van der Waals surface area contributed by atoms with Crippen LogP contribution in [0.25, 0.3) is 0 Å². The molecule has 1 aromatic carbocycles. The molecule has 25 heavy (non-hydrogen) atoms. The lowest BCUT2D eigenvalue weighted by molar-refractivity contribution is 0.349. The first kappa shape index (κ1) is 18.1. The zero-order chi connectivity index (χ0) is 18.4. The van der Waals surface area contributed by atoms with E-state index in [-0.39, 0.29) is 27.7 Å². The fraction of sp³-hybridized carbons (Fsp3) is 0.412. The molecule has 0 aromatic heterocycles. The highest BCUT2D eigenvalue weighted by molar-refractivity contribution is 7.89. The molecule has 1 heterocycles. The SMILES string of the molecule is CC1=NC(N([C@@H]2CC2C)S(=O)(=O)c2ccc(C)cc2)C=C(N)C(Cl)=N1. The van der Waals surface area contributed by atoms with Crippen molar-refractivity contribution in [1.29, 1.82) is 0 Å². The lowest BCUT2D eigenvalue weighted by Gasteiger charge is -2.27. The molecule has 0 spiro atoms. The number of halogens is 1. The summed E-state index contributed by atoms with van der Waals surface area (Å²) in [5.41, 5.74) is 7.15. The summed E-state index contributed by atoms with van der Waals surface area (Å²) in [5, 5.41) is 0.125. The molecule has 6 nitrogen and oxygen atoms in total. The number of hydrogen-bond acceptors (Lipinski definition) is 5. The van der Waals surface area contributed by atoms with Crippen LogP contribution in [0.4, 0.5) is 0 Å². The predicted molar refractivity (Wildman–Crippen MR) is 100 cm³/mol. The molecule has 0 amide bonds. The number of nitrogens with zero attached hydrogens (tertiary/aromatic N) is 3. The van der Waals surface area contributed by atoms with Gasteiger partial charge in [0, 0.05) is 6.04 Å². The topological polar surface area (TPSA) is 88.1 Å². The average molecular weight is 381 g/mol. The molecule has 0 radical (unpaired) electrons. The molecular formula is C17H21ClN4O2S. The van der Waals surface area contributed by atoms with Crippen molar-refractivity contribution in [3.63, 3.8) is 0 Å². The van der Waals surface area contributed by atoms with Gasteiger partial charge in [-0.1, -0.05) is 36.2 Å². The summed E-state index contributed by atoms with van der Waals surface area (Å²) in [4.78, 5) is 8.73. The van der Waals surface area contributed by atoms with E-state index in [9.17, 15) is 8.42 Å². The Bertz CT molecular complexity index is 874. The largest absolute Gasteiger partial charge is 0.396 e. The third-order valence-corrected chi connectivity index (χ3v) is 6.61. The smallest absolute Gasteiger partial charge is 0.245 e. The second-order valence-electron chi connectivity index (χ2n) is 6.54. The van der Waals surface area contributed by atoms with Gasteiger partial charge in [-0.05, 0) is 44.4 Å². The van der Waals surface area contributed by atoms with Crippen LogP contribution >= 0.6 is 11.6 Å². The van der Waals surface area contributed by atoms with Crippen LogP contribution in [0.5, 0.6) is 0 Å². The van der Waals surface area contributed by atoms with E-state index in [0.29, 0.717) is 5.84 Å². The van der Waals surface area contributed by atoms with Gasteiger partial charge in [-0.25, -0.2) is 18.4 Å². The maximum absolute atomic E-state index is 13.3. The highest BCUT2D eigenvalue weighted by Gasteiger charge is 2.47. The Kier molecular flexibility index (Phi) is 4.74. The van der Waals surface area contributed by atoms with Crippen LogP contribution in [-0.2, 0) is 10.0 Å². The summed E-state index contributed by atoms with van der Waals surface area (Å²) >= 11 is 6.02. The summed E-state index contributed by atoms with van der Waals surface area (Å²) < 4.78 is 28.0. The summed E-state index contributed by atoms with van der Waals surface area (Å²) in [7, 11) is -3.74. The third kappa shape index (κ3) is 3.63. The molecule has 1 aromatic rings. The molecule has 1 aliphatic carbocycles. The van der Waals surface area contributed by atoms with Gasteiger partial charge < -0.3 is 5.73 Å². The van der Waals surface area contributed by atoms with Crippen LogP contribution in [0.2, 0.25) is 0 Å². The van der Waals surface area contributed by atoms with Crippen LogP contribution in [0.15, 0.2) is 50.9 Å². The van der Waals surface area contributed by atoms with E-state index in [1.54, 1.807) is 37.3 Å². The minimum Gasteiger partial charge on any atom is -0.396 e. The molecule has 1 saturated carbocycles. The summed E-state index contributed by atoms with van der Waals surface area (Å²) in [6.45, 7) is 5.61. The van der Waals surface area contributed by atoms with E-state index in [0.717, 1.165) is 12.0 Å². The monoisotopic (exact) mass is 380 g/mol. The maximum atomic E-state index is 13.3. The molecule has 8 heteroatoms. The van der Waals surface area contributed by atoms with Gasteiger partial charge in [0.25, 0.3) is 0 Å². The minimum atomic E-state index is -3.74. The number of nitrogens with two attached hydrogens (primary N) is 1. The molecule has 1 aliphatic heterocycles. The van der Waals surface area contributed by atoms with Crippen molar-refractivity contribution in [2.45, 2.75) is 44.3 Å². The van der Waals surface area contributed by atoms with Crippen molar-refractivity contribution in [3.8, 4) is 0 Å². The Balaban J connectivity index is 2.07. The van der Waals surface area contributed by atoms with E-state index < -0.39 is 16.2 Å². The van der Waals surface area contributed by atoms with E-state index in [1.807, 2.05) is 13.8 Å².